The number of pyridine rings is 1. The highest BCUT2D eigenvalue weighted by molar-refractivity contribution is 5.93. The average molecular weight is 365 g/mol. The molecule has 8 nitrogen and oxygen atoms in total. The first-order valence-corrected chi connectivity index (χ1v) is 7.97. The minimum Gasteiger partial charge on any atom is -0.389 e. The molecule has 2 aromatic heterocycles. The van der Waals surface area contributed by atoms with Crippen molar-refractivity contribution >= 4 is 11.8 Å². The molecule has 0 bridgehead atoms. The van der Waals surface area contributed by atoms with E-state index in [1.54, 1.807) is 6.92 Å². The molecule has 2 amide bonds. The van der Waals surface area contributed by atoms with Gasteiger partial charge in [-0.25, -0.2) is 9.37 Å². The number of nitrogens with one attached hydrogen (secondary N) is 2. The highest BCUT2D eigenvalue weighted by Gasteiger charge is 2.33. The fraction of sp³-hybridized carbons (Fsp3) is 0.375. The highest BCUT2D eigenvalue weighted by atomic mass is 19.1. The number of hydrogen-bond acceptors (Lipinski definition) is 5. The van der Waals surface area contributed by atoms with Crippen molar-refractivity contribution in [2.75, 3.05) is 13.1 Å². The molecule has 1 aliphatic heterocycles. The molecule has 3 N–H and O–H groups in total. The number of aromatic nitrogens is 3. The number of amides is 2. The molecule has 0 aromatic carbocycles. The van der Waals surface area contributed by atoms with Gasteiger partial charge in [0.15, 0.2) is 17.2 Å². The number of carbonyl (C=O) groups is 2. The lowest BCUT2D eigenvalue weighted by molar-refractivity contribution is 0.0310. The van der Waals surface area contributed by atoms with Gasteiger partial charge >= 0.3 is 0 Å². The van der Waals surface area contributed by atoms with Crippen molar-refractivity contribution in [3.8, 4) is 0 Å². The summed E-state index contributed by atoms with van der Waals surface area (Å²) in [5.74, 6) is -2.75. The van der Waals surface area contributed by atoms with Gasteiger partial charge in [0.25, 0.3) is 11.8 Å². The summed E-state index contributed by atoms with van der Waals surface area (Å²) in [5, 5.41) is 18.4. The van der Waals surface area contributed by atoms with Gasteiger partial charge < -0.3 is 15.3 Å². The van der Waals surface area contributed by atoms with Gasteiger partial charge in [-0.3, -0.25) is 14.7 Å². The Balaban J connectivity index is 1.63. The molecule has 0 unspecified atom stereocenters. The summed E-state index contributed by atoms with van der Waals surface area (Å²) in [4.78, 5) is 29.6. The third kappa shape index (κ3) is 3.69. The van der Waals surface area contributed by atoms with Gasteiger partial charge in [-0.05, 0) is 25.5 Å². The van der Waals surface area contributed by atoms with E-state index >= 15 is 0 Å². The summed E-state index contributed by atoms with van der Waals surface area (Å²) in [5.41, 5.74) is 0.0506. The van der Waals surface area contributed by atoms with E-state index in [-0.39, 0.29) is 30.9 Å². The molecule has 1 aliphatic rings. The number of aryl methyl sites for hydroxylation is 1. The number of β-amino-alcohol motifs (C(OH)–C–C–N with tert-alkyl or cyclic N) is 1. The van der Waals surface area contributed by atoms with Crippen LogP contribution in [0.4, 0.5) is 8.78 Å². The second-order valence-electron chi connectivity index (χ2n) is 6.07. The maximum absolute atomic E-state index is 13.7. The van der Waals surface area contributed by atoms with Gasteiger partial charge in [0, 0.05) is 24.8 Å². The molecule has 0 aliphatic carbocycles. The van der Waals surface area contributed by atoms with Crippen LogP contribution < -0.4 is 5.32 Å². The fourth-order valence-electron chi connectivity index (χ4n) is 2.79. The van der Waals surface area contributed by atoms with Crippen molar-refractivity contribution < 1.29 is 23.5 Å². The van der Waals surface area contributed by atoms with Gasteiger partial charge in [0.1, 0.15) is 0 Å². The molecule has 1 fully saturated rings. The van der Waals surface area contributed by atoms with Crippen LogP contribution in [0.2, 0.25) is 0 Å². The third-order valence-corrected chi connectivity index (χ3v) is 4.15. The van der Waals surface area contributed by atoms with E-state index in [1.807, 2.05) is 5.10 Å². The van der Waals surface area contributed by atoms with Crippen LogP contribution in [0.1, 0.15) is 33.1 Å². The minimum absolute atomic E-state index is 0.0675. The molecule has 1 saturated heterocycles. The number of H-pyrrole nitrogens is 1. The van der Waals surface area contributed by atoms with Crippen LogP contribution in [-0.2, 0) is 0 Å². The predicted octanol–water partition coefficient (Wildman–Crippen LogP) is 0.397. The number of halogens is 2. The van der Waals surface area contributed by atoms with E-state index in [2.05, 4.69) is 15.4 Å². The molecule has 26 heavy (non-hydrogen) atoms. The van der Waals surface area contributed by atoms with Crippen molar-refractivity contribution in [3.05, 3.63) is 47.0 Å². The van der Waals surface area contributed by atoms with Gasteiger partial charge in [0.2, 0.25) is 5.95 Å². The quantitative estimate of drug-likeness (QED) is 0.729. The third-order valence-electron chi connectivity index (χ3n) is 4.15. The van der Waals surface area contributed by atoms with Crippen LogP contribution in [0.25, 0.3) is 0 Å². The van der Waals surface area contributed by atoms with E-state index < -0.39 is 35.7 Å². The zero-order valence-electron chi connectivity index (χ0n) is 13.9. The normalized spacial score (nSPS) is 20.1. The average Bonchev–Trinajstić information content (AvgIpc) is 3.04. The summed E-state index contributed by atoms with van der Waals surface area (Å²) in [6.45, 7) is 1.79. The van der Waals surface area contributed by atoms with Crippen LogP contribution >= 0.6 is 0 Å². The number of hydrogen-bond donors (Lipinski definition) is 3. The largest absolute Gasteiger partial charge is 0.389 e. The summed E-state index contributed by atoms with van der Waals surface area (Å²) < 4.78 is 26.7. The predicted molar refractivity (Wildman–Crippen MR) is 85.3 cm³/mol. The molecule has 3 heterocycles. The Morgan fingerprint density at radius 3 is 2.81 bits per heavy atom. The number of carbonyl (C=O) groups excluding carboxylic acids is 2. The molecule has 0 spiro atoms. The lowest BCUT2D eigenvalue weighted by atomic mass is 10.0. The van der Waals surface area contributed by atoms with Crippen molar-refractivity contribution in [1.82, 2.24) is 25.4 Å². The smallest absolute Gasteiger partial charge is 0.274 e. The van der Waals surface area contributed by atoms with Crippen molar-refractivity contribution in [3.63, 3.8) is 0 Å². The molecule has 0 saturated carbocycles. The lowest BCUT2D eigenvalue weighted by Crippen LogP contribution is -2.55. The second-order valence-corrected chi connectivity index (χ2v) is 6.07. The Morgan fingerprint density at radius 2 is 2.15 bits per heavy atom. The maximum atomic E-state index is 13.7. The summed E-state index contributed by atoms with van der Waals surface area (Å²) >= 11 is 0. The molecular weight excluding hydrogens is 348 g/mol. The number of aliphatic hydroxyl groups is 1. The Labute approximate surface area is 147 Å². The Morgan fingerprint density at radius 1 is 1.38 bits per heavy atom. The van der Waals surface area contributed by atoms with E-state index in [9.17, 15) is 23.5 Å². The summed E-state index contributed by atoms with van der Waals surface area (Å²) in [7, 11) is 0. The molecule has 2 atom stereocenters. The van der Waals surface area contributed by atoms with E-state index in [4.69, 9.17) is 0 Å². The molecule has 138 valence electrons. The summed E-state index contributed by atoms with van der Waals surface area (Å²) in [6.07, 6.45) is -0.813. The van der Waals surface area contributed by atoms with Crippen molar-refractivity contribution in [2.24, 2.45) is 0 Å². The van der Waals surface area contributed by atoms with Gasteiger partial charge in [-0.1, -0.05) is 0 Å². The molecule has 0 radical (unpaired) electrons. The number of nitrogens with zero attached hydrogens (tertiary/aromatic N) is 3. The van der Waals surface area contributed by atoms with E-state index in [1.165, 1.54) is 11.0 Å². The first-order valence-electron chi connectivity index (χ1n) is 7.97. The van der Waals surface area contributed by atoms with Crippen molar-refractivity contribution in [2.45, 2.75) is 25.5 Å². The topological polar surface area (TPSA) is 111 Å². The van der Waals surface area contributed by atoms with Gasteiger partial charge in [-0.2, -0.15) is 9.49 Å². The first-order chi connectivity index (χ1) is 12.3. The summed E-state index contributed by atoms with van der Waals surface area (Å²) in [6, 6.07) is 2.90. The van der Waals surface area contributed by atoms with Crippen LogP contribution in [0.3, 0.4) is 0 Å². The fourth-order valence-corrected chi connectivity index (χ4v) is 2.79. The monoisotopic (exact) mass is 365 g/mol. The number of rotatable bonds is 3. The number of aromatic amines is 1. The molecule has 2 aromatic rings. The molecule has 3 rings (SSSR count). The molecular formula is C16H17F2N5O3. The SMILES string of the molecule is Cc1ccc(F)c(C(=O)N[C@@H]2CCN(C(=O)c3cc(F)[nH]n3)C[C@H]2O)n1. The van der Waals surface area contributed by atoms with Gasteiger partial charge in [0.05, 0.1) is 12.1 Å². The van der Waals surface area contributed by atoms with Crippen molar-refractivity contribution in [1.29, 1.82) is 0 Å². The molecule has 10 heteroatoms. The zero-order valence-corrected chi connectivity index (χ0v) is 13.9. The van der Waals surface area contributed by atoms with Crippen LogP contribution in [0.5, 0.6) is 0 Å². The van der Waals surface area contributed by atoms with Gasteiger partial charge in [-0.15, -0.1) is 0 Å². The van der Waals surface area contributed by atoms with Crippen LogP contribution in [0.15, 0.2) is 18.2 Å². The maximum Gasteiger partial charge on any atom is 0.274 e. The van der Waals surface area contributed by atoms with Crippen LogP contribution in [-0.4, -0.2) is 62.2 Å². The number of likely N-dealkylation sites (tertiary alicyclic amines) is 1. The number of aliphatic hydroxyl groups excluding tert-OH is 1. The Hall–Kier alpha value is -2.88. The zero-order chi connectivity index (χ0) is 18.8. The Kier molecular flexibility index (Phi) is 4.94. The number of piperidine rings is 1. The van der Waals surface area contributed by atoms with Crippen LogP contribution in [0, 0.1) is 18.7 Å². The lowest BCUT2D eigenvalue weighted by Gasteiger charge is -2.35. The standard InChI is InChI=1S/C16H17F2N5O3/c1-8-2-3-9(17)14(19-8)15(25)20-10-4-5-23(7-12(10)24)16(26)11-6-13(18)22-21-11/h2-3,6,10,12,24H,4-5,7H2,1H3,(H,20,25)(H,21,22)/t10-,12-/m1/s1. The minimum atomic E-state index is -1.06. The van der Waals surface area contributed by atoms with E-state index in [0.717, 1.165) is 12.1 Å². The first kappa shape index (κ1) is 17.9. The van der Waals surface area contributed by atoms with E-state index in [0.29, 0.717) is 5.69 Å². The highest BCUT2D eigenvalue weighted by Crippen LogP contribution is 2.15. The Bertz CT molecular complexity index is 841. The second kappa shape index (κ2) is 7.16.